The second-order valence-electron chi connectivity index (χ2n) is 6.58. The van der Waals surface area contributed by atoms with Crippen LogP contribution in [0.4, 0.5) is 0 Å². The first-order chi connectivity index (χ1) is 11.1. The van der Waals surface area contributed by atoms with Crippen LogP contribution < -0.4 is 0 Å². The lowest BCUT2D eigenvalue weighted by atomic mass is 10.0. The molecule has 1 aromatic carbocycles. The third-order valence-electron chi connectivity index (χ3n) is 4.92. The van der Waals surface area contributed by atoms with E-state index in [1.807, 2.05) is 28.9 Å². The molecule has 2 amide bonds. The average molecular weight is 312 g/mol. The van der Waals surface area contributed by atoms with Gasteiger partial charge in [-0.05, 0) is 25.5 Å². The number of furan rings is 1. The Balaban J connectivity index is 1.41. The van der Waals surface area contributed by atoms with Gasteiger partial charge in [-0.2, -0.15) is 0 Å². The smallest absolute Gasteiger partial charge is 0.227 e. The highest BCUT2D eigenvalue weighted by Gasteiger charge is 2.38. The van der Waals surface area contributed by atoms with Crippen molar-refractivity contribution in [3.8, 4) is 0 Å². The highest BCUT2D eigenvalue weighted by Crippen LogP contribution is 2.25. The summed E-state index contributed by atoms with van der Waals surface area (Å²) in [6, 6.07) is 6.22. The lowest BCUT2D eigenvalue weighted by Gasteiger charge is -2.44. The van der Waals surface area contributed by atoms with Crippen LogP contribution >= 0.6 is 0 Å². The fraction of sp³-hybridized carbons (Fsp3) is 0.444. The Labute approximate surface area is 134 Å². The first kappa shape index (κ1) is 14.3. The van der Waals surface area contributed by atoms with Crippen molar-refractivity contribution in [3.63, 3.8) is 0 Å². The second kappa shape index (κ2) is 5.41. The molecule has 0 saturated carbocycles. The van der Waals surface area contributed by atoms with Crippen LogP contribution in [0.3, 0.4) is 0 Å². The molecule has 5 nitrogen and oxygen atoms in total. The predicted molar refractivity (Wildman–Crippen MR) is 86.0 cm³/mol. The van der Waals surface area contributed by atoms with Gasteiger partial charge >= 0.3 is 0 Å². The third kappa shape index (κ3) is 2.50. The Kier molecular flexibility index (Phi) is 3.36. The predicted octanol–water partition coefficient (Wildman–Crippen LogP) is 2.12. The number of nitrogens with zero attached hydrogens (tertiary/aromatic N) is 2. The minimum absolute atomic E-state index is 0.108. The molecule has 4 rings (SSSR count). The molecule has 2 saturated heterocycles. The number of rotatable bonds is 3. The van der Waals surface area contributed by atoms with Crippen molar-refractivity contribution >= 4 is 22.8 Å². The molecular weight excluding hydrogens is 292 g/mol. The lowest BCUT2D eigenvalue weighted by Crippen LogP contribution is -2.61. The fourth-order valence-corrected chi connectivity index (χ4v) is 3.52. The van der Waals surface area contributed by atoms with E-state index in [0.717, 1.165) is 35.1 Å². The first-order valence-electron chi connectivity index (χ1n) is 8.16. The molecular formula is C18H20N2O3. The molecule has 2 aliphatic rings. The van der Waals surface area contributed by atoms with E-state index in [-0.39, 0.29) is 17.9 Å². The van der Waals surface area contributed by atoms with E-state index in [9.17, 15) is 9.59 Å². The highest BCUT2D eigenvalue weighted by atomic mass is 16.3. The van der Waals surface area contributed by atoms with Gasteiger partial charge in [0.05, 0.1) is 18.7 Å². The Morgan fingerprint density at radius 2 is 2.17 bits per heavy atom. The molecule has 0 aliphatic carbocycles. The Bertz CT molecular complexity index is 774. The molecule has 2 fully saturated rings. The topological polar surface area (TPSA) is 53.8 Å². The number of benzene rings is 1. The maximum absolute atomic E-state index is 12.4. The maximum atomic E-state index is 12.4. The van der Waals surface area contributed by atoms with Gasteiger partial charge in [-0.25, -0.2) is 0 Å². The van der Waals surface area contributed by atoms with E-state index < -0.39 is 0 Å². The molecule has 0 spiro atoms. The molecule has 0 N–H and O–H groups in total. The molecule has 0 atom stereocenters. The van der Waals surface area contributed by atoms with Crippen LogP contribution in [0.2, 0.25) is 0 Å². The second-order valence-corrected chi connectivity index (χ2v) is 6.58. The fourth-order valence-electron chi connectivity index (χ4n) is 3.52. The van der Waals surface area contributed by atoms with Crippen molar-refractivity contribution in [2.45, 2.75) is 32.2 Å². The summed E-state index contributed by atoms with van der Waals surface area (Å²) in [6.07, 6.45) is 3.65. The van der Waals surface area contributed by atoms with Crippen molar-refractivity contribution in [2.75, 3.05) is 19.6 Å². The van der Waals surface area contributed by atoms with Crippen LogP contribution in [0.1, 0.15) is 24.0 Å². The average Bonchev–Trinajstić information content (AvgIpc) is 3.05. The van der Waals surface area contributed by atoms with Crippen LogP contribution in [0.15, 0.2) is 28.9 Å². The number of likely N-dealkylation sites (tertiary alicyclic amines) is 2. The van der Waals surface area contributed by atoms with Gasteiger partial charge < -0.3 is 14.2 Å². The van der Waals surface area contributed by atoms with Gasteiger partial charge in [-0.1, -0.05) is 11.6 Å². The molecule has 2 aromatic rings. The summed E-state index contributed by atoms with van der Waals surface area (Å²) in [5.74, 6) is 0.343. The minimum Gasteiger partial charge on any atom is -0.464 e. The summed E-state index contributed by atoms with van der Waals surface area (Å²) in [5, 5.41) is 1.02. The monoisotopic (exact) mass is 312 g/mol. The molecule has 23 heavy (non-hydrogen) atoms. The molecule has 1 aromatic heterocycles. The standard InChI is InChI=1S/C18H20N2O3/c1-12-4-5-16-15(7-12)13(11-23-16)8-18(22)19-9-14(10-19)20-6-2-3-17(20)21/h4-5,7,11,14H,2-3,6,8-10H2,1H3. The zero-order valence-corrected chi connectivity index (χ0v) is 13.2. The molecule has 0 bridgehead atoms. The van der Waals surface area contributed by atoms with Crippen LogP contribution in [-0.2, 0) is 16.0 Å². The van der Waals surface area contributed by atoms with Crippen LogP contribution in [0.5, 0.6) is 0 Å². The number of fused-ring (bicyclic) bond motifs is 1. The number of hydrogen-bond acceptors (Lipinski definition) is 3. The van der Waals surface area contributed by atoms with E-state index in [1.165, 1.54) is 0 Å². The summed E-state index contributed by atoms with van der Waals surface area (Å²) in [6.45, 7) is 4.21. The van der Waals surface area contributed by atoms with E-state index in [2.05, 4.69) is 6.07 Å². The third-order valence-corrected chi connectivity index (χ3v) is 4.92. The summed E-state index contributed by atoms with van der Waals surface area (Å²) in [5.41, 5.74) is 2.92. The number of aryl methyl sites for hydroxylation is 1. The summed E-state index contributed by atoms with van der Waals surface area (Å²) >= 11 is 0. The zero-order chi connectivity index (χ0) is 16.0. The molecule has 0 unspecified atom stereocenters. The van der Waals surface area contributed by atoms with Gasteiger partial charge in [0.25, 0.3) is 0 Å². The van der Waals surface area contributed by atoms with Crippen molar-refractivity contribution in [2.24, 2.45) is 0 Å². The van der Waals surface area contributed by atoms with Crippen molar-refractivity contribution in [1.82, 2.24) is 9.80 Å². The van der Waals surface area contributed by atoms with Gasteiger partial charge in [0.15, 0.2) is 0 Å². The van der Waals surface area contributed by atoms with Crippen LogP contribution in [-0.4, -0.2) is 47.3 Å². The molecule has 0 radical (unpaired) electrons. The van der Waals surface area contributed by atoms with Crippen molar-refractivity contribution in [1.29, 1.82) is 0 Å². The van der Waals surface area contributed by atoms with E-state index in [1.54, 1.807) is 6.26 Å². The number of carbonyl (C=O) groups is 2. The summed E-state index contributed by atoms with van der Waals surface area (Å²) in [4.78, 5) is 27.9. The van der Waals surface area contributed by atoms with Gasteiger partial charge in [0, 0.05) is 37.0 Å². The van der Waals surface area contributed by atoms with Crippen molar-refractivity contribution < 1.29 is 14.0 Å². The molecule has 120 valence electrons. The Morgan fingerprint density at radius 1 is 1.35 bits per heavy atom. The molecule has 2 aliphatic heterocycles. The normalized spacial score (nSPS) is 18.7. The number of amides is 2. The first-order valence-corrected chi connectivity index (χ1v) is 8.16. The largest absolute Gasteiger partial charge is 0.464 e. The number of hydrogen-bond donors (Lipinski definition) is 0. The van der Waals surface area contributed by atoms with E-state index >= 15 is 0 Å². The SMILES string of the molecule is Cc1ccc2occ(CC(=O)N3CC(N4CCCC4=O)C3)c2c1. The summed E-state index contributed by atoms with van der Waals surface area (Å²) < 4.78 is 5.53. The van der Waals surface area contributed by atoms with Gasteiger partial charge in [0.2, 0.25) is 11.8 Å². The van der Waals surface area contributed by atoms with Gasteiger partial charge in [-0.3, -0.25) is 9.59 Å². The van der Waals surface area contributed by atoms with Crippen molar-refractivity contribution in [3.05, 3.63) is 35.6 Å². The maximum Gasteiger partial charge on any atom is 0.227 e. The summed E-state index contributed by atoms with van der Waals surface area (Å²) in [7, 11) is 0. The Hall–Kier alpha value is -2.30. The van der Waals surface area contributed by atoms with Gasteiger partial charge in [0.1, 0.15) is 5.58 Å². The van der Waals surface area contributed by atoms with Gasteiger partial charge in [-0.15, -0.1) is 0 Å². The lowest BCUT2D eigenvalue weighted by molar-refractivity contribution is -0.143. The zero-order valence-electron chi connectivity index (χ0n) is 13.2. The quantitative estimate of drug-likeness (QED) is 0.872. The highest BCUT2D eigenvalue weighted by molar-refractivity contribution is 5.88. The Morgan fingerprint density at radius 3 is 2.91 bits per heavy atom. The van der Waals surface area contributed by atoms with Crippen LogP contribution in [0, 0.1) is 6.92 Å². The molecule has 5 heteroatoms. The number of carbonyl (C=O) groups excluding carboxylic acids is 2. The van der Waals surface area contributed by atoms with E-state index in [0.29, 0.717) is 25.9 Å². The molecule has 3 heterocycles. The van der Waals surface area contributed by atoms with E-state index in [4.69, 9.17) is 4.42 Å². The van der Waals surface area contributed by atoms with Crippen LogP contribution in [0.25, 0.3) is 11.0 Å². The minimum atomic E-state index is 0.108.